The van der Waals surface area contributed by atoms with Gasteiger partial charge in [-0.3, -0.25) is 0 Å². The quantitative estimate of drug-likeness (QED) is 0.844. The Morgan fingerprint density at radius 3 is 2.55 bits per heavy atom. The molecule has 0 aliphatic rings. The van der Waals surface area contributed by atoms with E-state index in [1.165, 1.54) is 0 Å². The number of nitriles is 1. The van der Waals surface area contributed by atoms with Crippen LogP contribution in [0.5, 0.6) is 5.75 Å². The SMILES string of the molecule is N#Cc1ccccc1COc1ccc(NC(N)=S)cc1. The third-order valence-corrected chi connectivity index (χ3v) is 2.76. The molecule has 0 spiro atoms. The molecule has 0 unspecified atom stereocenters. The summed E-state index contributed by atoms with van der Waals surface area (Å²) in [6.07, 6.45) is 0. The van der Waals surface area contributed by atoms with E-state index in [-0.39, 0.29) is 5.11 Å². The molecule has 2 rings (SSSR count). The van der Waals surface area contributed by atoms with Crippen LogP contribution < -0.4 is 15.8 Å². The Morgan fingerprint density at radius 2 is 1.90 bits per heavy atom. The van der Waals surface area contributed by atoms with Gasteiger partial charge >= 0.3 is 0 Å². The summed E-state index contributed by atoms with van der Waals surface area (Å²) < 4.78 is 5.65. The minimum absolute atomic E-state index is 0.224. The third kappa shape index (κ3) is 3.70. The molecule has 0 fully saturated rings. The number of rotatable bonds is 4. The maximum absolute atomic E-state index is 9.00. The lowest BCUT2D eigenvalue weighted by molar-refractivity contribution is 0.306. The molecule has 0 saturated heterocycles. The van der Waals surface area contributed by atoms with E-state index in [9.17, 15) is 0 Å². The van der Waals surface area contributed by atoms with Crippen molar-refractivity contribution in [1.82, 2.24) is 0 Å². The molecule has 2 aromatic rings. The van der Waals surface area contributed by atoms with Crippen LogP contribution in [-0.4, -0.2) is 5.11 Å². The molecule has 0 radical (unpaired) electrons. The Kier molecular flexibility index (Phi) is 4.53. The first-order chi connectivity index (χ1) is 9.69. The van der Waals surface area contributed by atoms with E-state index in [1.807, 2.05) is 42.5 Å². The molecule has 2 aromatic carbocycles. The fraction of sp³-hybridized carbons (Fsp3) is 0.0667. The van der Waals surface area contributed by atoms with E-state index in [0.29, 0.717) is 17.9 Å². The van der Waals surface area contributed by atoms with Gasteiger partial charge in [0.05, 0.1) is 11.6 Å². The van der Waals surface area contributed by atoms with Gasteiger partial charge in [0.15, 0.2) is 5.11 Å². The van der Waals surface area contributed by atoms with Gasteiger partial charge in [0, 0.05) is 11.3 Å². The van der Waals surface area contributed by atoms with Gasteiger partial charge in [-0.15, -0.1) is 0 Å². The number of thiocarbonyl (C=S) groups is 1. The highest BCUT2D eigenvalue weighted by molar-refractivity contribution is 7.80. The van der Waals surface area contributed by atoms with Gasteiger partial charge in [0.1, 0.15) is 12.4 Å². The molecule has 4 nitrogen and oxygen atoms in total. The van der Waals surface area contributed by atoms with Crippen molar-refractivity contribution in [2.24, 2.45) is 5.73 Å². The van der Waals surface area contributed by atoms with Crippen LogP contribution in [0.4, 0.5) is 5.69 Å². The Labute approximate surface area is 122 Å². The second-order valence-electron chi connectivity index (χ2n) is 4.07. The summed E-state index contributed by atoms with van der Waals surface area (Å²) in [7, 11) is 0. The minimum atomic E-state index is 0.224. The van der Waals surface area contributed by atoms with Crippen molar-refractivity contribution < 1.29 is 4.74 Å². The van der Waals surface area contributed by atoms with Crippen LogP contribution in [0.1, 0.15) is 11.1 Å². The summed E-state index contributed by atoms with van der Waals surface area (Å²) in [5.74, 6) is 0.714. The summed E-state index contributed by atoms with van der Waals surface area (Å²) in [6.45, 7) is 0.353. The van der Waals surface area contributed by atoms with Gasteiger partial charge in [-0.25, -0.2) is 0 Å². The number of ether oxygens (including phenoxy) is 1. The number of nitrogens with two attached hydrogens (primary N) is 1. The van der Waals surface area contributed by atoms with Crippen molar-refractivity contribution in [2.45, 2.75) is 6.61 Å². The van der Waals surface area contributed by atoms with Crippen LogP contribution >= 0.6 is 12.2 Å². The number of nitrogens with zero attached hydrogens (tertiary/aromatic N) is 1. The van der Waals surface area contributed by atoms with Crippen molar-refractivity contribution in [3.05, 3.63) is 59.7 Å². The predicted octanol–water partition coefficient (Wildman–Crippen LogP) is 2.79. The molecule has 0 aliphatic carbocycles. The first-order valence-corrected chi connectivity index (χ1v) is 6.37. The smallest absolute Gasteiger partial charge is 0.168 e. The number of benzene rings is 2. The van der Waals surface area contributed by atoms with E-state index < -0.39 is 0 Å². The van der Waals surface area contributed by atoms with E-state index in [4.69, 9.17) is 28.0 Å². The van der Waals surface area contributed by atoms with Crippen LogP contribution in [-0.2, 0) is 6.61 Å². The molecule has 0 aromatic heterocycles. The molecule has 5 heteroatoms. The maximum Gasteiger partial charge on any atom is 0.168 e. The lowest BCUT2D eigenvalue weighted by Gasteiger charge is -2.09. The van der Waals surface area contributed by atoms with Crippen LogP contribution in [0.2, 0.25) is 0 Å². The molecule has 0 amide bonds. The fourth-order valence-electron chi connectivity index (χ4n) is 1.69. The highest BCUT2D eigenvalue weighted by atomic mass is 32.1. The van der Waals surface area contributed by atoms with Crippen molar-refractivity contribution in [1.29, 1.82) is 5.26 Å². The molecular formula is C15H13N3OS. The molecule has 20 heavy (non-hydrogen) atoms. The fourth-order valence-corrected chi connectivity index (χ4v) is 1.81. The topological polar surface area (TPSA) is 71.1 Å². The zero-order valence-corrected chi connectivity index (χ0v) is 11.5. The Hall–Kier alpha value is -2.58. The first-order valence-electron chi connectivity index (χ1n) is 5.96. The zero-order valence-electron chi connectivity index (χ0n) is 10.7. The third-order valence-electron chi connectivity index (χ3n) is 2.65. The van der Waals surface area contributed by atoms with E-state index in [2.05, 4.69) is 11.4 Å². The summed E-state index contributed by atoms with van der Waals surface area (Å²) in [4.78, 5) is 0. The van der Waals surface area contributed by atoms with Crippen molar-refractivity contribution in [3.8, 4) is 11.8 Å². The van der Waals surface area contributed by atoms with Crippen LogP contribution in [0.25, 0.3) is 0 Å². The van der Waals surface area contributed by atoms with Crippen molar-refractivity contribution in [3.63, 3.8) is 0 Å². The van der Waals surface area contributed by atoms with Crippen LogP contribution in [0.3, 0.4) is 0 Å². The minimum Gasteiger partial charge on any atom is -0.489 e. The Balaban J connectivity index is 2.01. The highest BCUT2D eigenvalue weighted by Crippen LogP contribution is 2.18. The summed E-state index contributed by atoms with van der Waals surface area (Å²) >= 11 is 4.76. The van der Waals surface area contributed by atoms with Crippen molar-refractivity contribution in [2.75, 3.05) is 5.32 Å². The lowest BCUT2D eigenvalue weighted by atomic mass is 10.1. The molecule has 0 bridgehead atoms. The van der Waals surface area contributed by atoms with E-state index in [0.717, 1.165) is 11.3 Å². The average Bonchev–Trinajstić information content (AvgIpc) is 2.46. The van der Waals surface area contributed by atoms with Gasteiger partial charge in [-0.2, -0.15) is 5.26 Å². The standard InChI is InChI=1S/C15H13N3OS/c16-9-11-3-1-2-4-12(11)10-19-14-7-5-13(6-8-14)18-15(17)20/h1-8H,10H2,(H3,17,18,20). The van der Waals surface area contributed by atoms with Gasteiger partial charge in [0.2, 0.25) is 0 Å². The zero-order chi connectivity index (χ0) is 14.4. The lowest BCUT2D eigenvalue weighted by Crippen LogP contribution is -2.18. The van der Waals surface area contributed by atoms with Crippen LogP contribution in [0.15, 0.2) is 48.5 Å². The number of hydrogen-bond donors (Lipinski definition) is 2. The second kappa shape index (κ2) is 6.55. The van der Waals surface area contributed by atoms with Crippen LogP contribution in [0, 0.1) is 11.3 Å². The van der Waals surface area contributed by atoms with Crippen molar-refractivity contribution >= 4 is 23.0 Å². The monoisotopic (exact) mass is 283 g/mol. The summed E-state index contributed by atoms with van der Waals surface area (Å²) in [5, 5.41) is 12.1. The predicted molar refractivity (Wildman–Crippen MR) is 82.3 cm³/mol. The average molecular weight is 283 g/mol. The number of nitrogens with one attached hydrogen (secondary N) is 1. The largest absolute Gasteiger partial charge is 0.489 e. The number of anilines is 1. The second-order valence-corrected chi connectivity index (χ2v) is 4.51. The normalized spacial score (nSPS) is 9.55. The van der Waals surface area contributed by atoms with Gasteiger partial charge in [-0.05, 0) is 42.5 Å². The molecule has 0 heterocycles. The van der Waals surface area contributed by atoms with E-state index in [1.54, 1.807) is 6.07 Å². The molecule has 100 valence electrons. The molecule has 3 N–H and O–H groups in total. The van der Waals surface area contributed by atoms with Gasteiger partial charge < -0.3 is 15.8 Å². The highest BCUT2D eigenvalue weighted by Gasteiger charge is 2.02. The number of hydrogen-bond acceptors (Lipinski definition) is 3. The Morgan fingerprint density at radius 1 is 1.20 bits per heavy atom. The molecule has 0 saturated carbocycles. The first kappa shape index (κ1) is 13.8. The van der Waals surface area contributed by atoms with E-state index >= 15 is 0 Å². The molecular weight excluding hydrogens is 270 g/mol. The summed E-state index contributed by atoms with van der Waals surface area (Å²) in [6, 6.07) is 16.8. The molecule has 0 aliphatic heterocycles. The summed E-state index contributed by atoms with van der Waals surface area (Å²) in [5.41, 5.74) is 7.68. The van der Waals surface area contributed by atoms with Gasteiger partial charge in [0.25, 0.3) is 0 Å². The van der Waals surface area contributed by atoms with Gasteiger partial charge in [-0.1, -0.05) is 18.2 Å². The Bertz CT molecular complexity index is 647. The maximum atomic E-state index is 9.00. The molecule has 0 atom stereocenters.